The molecule has 24 heavy (non-hydrogen) atoms. The van der Waals surface area contributed by atoms with E-state index in [0.717, 1.165) is 0 Å². The summed E-state index contributed by atoms with van der Waals surface area (Å²) in [6, 6.07) is 9.48. The van der Waals surface area contributed by atoms with Gasteiger partial charge in [0, 0.05) is 6.07 Å². The Morgan fingerprint density at radius 2 is 2.00 bits per heavy atom. The van der Waals surface area contributed by atoms with Crippen LogP contribution in [0.1, 0.15) is 11.1 Å². The largest absolute Gasteiger partial charge is 0.504 e. The maximum Gasteiger partial charge on any atom is 0.320 e. The molecule has 0 fully saturated rings. The molecule has 2 rings (SSSR count). The minimum atomic E-state index is -1.13. The smallest absolute Gasteiger partial charge is 0.320 e. The van der Waals surface area contributed by atoms with Crippen LogP contribution in [0, 0.1) is 10.1 Å². The van der Waals surface area contributed by atoms with Gasteiger partial charge in [0.2, 0.25) is 0 Å². The van der Waals surface area contributed by atoms with Gasteiger partial charge in [0.1, 0.15) is 12.6 Å². The molecule has 4 N–H and O–H groups in total. The molecular formula is C16H16N2O6. The summed E-state index contributed by atoms with van der Waals surface area (Å²) in [5.41, 5.74) is 6.29. The monoisotopic (exact) mass is 332 g/mol. The van der Waals surface area contributed by atoms with E-state index >= 15 is 0 Å². The fourth-order valence-electron chi connectivity index (χ4n) is 2.12. The molecule has 0 saturated heterocycles. The molecule has 2 aromatic carbocycles. The number of carboxylic acid groups (broad SMARTS) is 1. The number of nitrogens with two attached hydrogens (primary N) is 1. The second kappa shape index (κ2) is 7.42. The number of hydrogen-bond donors (Lipinski definition) is 3. The van der Waals surface area contributed by atoms with Gasteiger partial charge in [-0.1, -0.05) is 18.2 Å². The Morgan fingerprint density at radius 3 is 2.62 bits per heavy atom. The number of phenols is 1. The number of carbonyl (C=O) groups is 1. The zero-order valence-electron chi connectivity index (χ0n) is 12.6. The lowest BCUT2D eigenvalue weighted by molar-refractivity contribution is -0.385. The van der Waals surface area contributed by atoms with E-state index in [4.69, 9.17) is 15.6 Å². The van der Waals surface area contributed by atoms with Gasteiger partial charge in [0.25, 0.3) is 5.69 Å². The number of phenolic OH excluding ortho intramolecular Hbond substituents is 1. The molecule has 0 aliphatic rings. The van der Waals surface area contributed by atoms with Crippen LogP contribution in [0.25, 0.3) is 0 Å². The van der Waals surface area contributed by atoms with Crippen LogP contribution in [0.5, 0.6) is 11.5 Å². The van der Waals surface area contributed by atoms with Gasteiger partial charge in [-0.3, -0.25) is 14.9 Å². The van der Waals surface area contributed by atoms with Crippen molar-refractivity contribution >= 4 is 11.7 Å². The second-order valence-electron chi connectivity index (χ2n) is 5.13. The van der Waals surface area contributed by atoms with E-state index in [9.17, 15) is 20.0 Å². The van der Waals surface area contributed by atoms with Gasteiger partial charge < -0.3 is 20.7 Å². The summed E-state index contributed by atoms with van der Waals surface area (Å²) in [6.07, 6.45) is 0.0628. The Balaban J connectivity index is 2.09. The zero-order valence-corrected chi connectivity index (χ0v) is 12.6. The summed E-state index contributed by atoms with van der Waals surface area (Å²) in [5.74, 6) is -1.18. The van der Waals surface area contributed by atoms with Crippen LogP contribution in [0.15, 0.2) is 42.5 Å². The first kappa shape index (κ1) is 17.2. The first-order chi connectivity index (χ1) is 11.4. The molecule has 8 nitrogen and oxygen atoms in total. The van der Waals surface area contributed by atoms with Crippen molar-refractivity contribution in [1.29, 1.82) is 0 Å². The number of ether oxygens (including phenoxy) is 1. The molecule has 1 unspecified atom stereocenters. The number of hydrogen-bond acceptors (Lipinski definition) is 6. The summed E-state index contributed by atoms with van der Waals surface area (Å²) < 4.78 is 5.42. The van der Waals surface area contributed by atoms with E-state index in [2.05, 4.69) is 0 Å². The number of carboxylic acids is 1. The number of aliphatic carboxylic acids is 1. The molecule has 0 aliphatic carbocycles. The topological polar surface area (TPSA) is 136 Å². The molecule has 0 radical (unpaired) electrons. The van der Waals surface area contributed by atoms with Gasteiger partial charge in [-0.15, -0.1) is 0 Å². The van der Waals surface area contributed by atoms with Gasteiger partial charge in [0.15, 0.2) is 11.5 Å². The average molecular weight is 332 g/mol. The zero-order chi connectivity index (χ0) is 17.7. The van der Waals surface area contributed by atoms with Crippen molar-refractivity contribution in [3.05, 3.63) is 63.7 Å². The van der Waals surface area contributed by atoms with Crippen molar-refractivity contribution < 1.29 is 24.7 Å². The average Bonchev–Trinajstić information content (AvgIpc) is 2.54. The standard InChI is InChI=1S/C16H16N2O6/c17-12(16(20)21)7-10-5-6-15(14(19)8-10)24-9-11-3-1-2-4-13(11)18(22)23/h1-6,8,12,19H,7,9,17H2,(H,20,21). The summed E-state index contributed by atoms with van der Waals surface area (Å²) in [4.78, 5) is 21.2. The van der Waals surface area contributed by atoms with E-state index in [1.54, 1.807) is 24.3 Å². The number of nitrogens with zero attached hydrogens (tertiary/aromatic N) is 1. The van der Waals surface area contributed by atoms with E-state index in [-0.39, 0.29) is 30.2 Å². The molecule has 126 valence electrons. The van der Waals surface area contributed by atoms with Crippen molar-refractivity contribution in [2.45, 2.75) is 19.1 Å². The first-order valence-electron chi connectivity index (χ1n) is 7.04. The highest BCUT2D eigenvalue weighted by atomic mass is 16.6. The van der Waals surface area contributed by atoms with Gasteiger partial charge in [-0.25, -0.2) is 0 Å². The Morgan fingerprint density at radius 1 is 1.29 bits per heavy atom. The number of nitro benzene ring substituents is 1. The summed E-state index contributed by atoms with van der Waals surface area (Å²) in [6.45, 7) is -0.0846. The van der Waals surface area contributed by atoms with Crippen molar-refractivity contribution in [2.24, 2.45) is 5.73 Å². The highest BCUT2D eigenvalue weighted by Crippen LogP contribution is 2.29. The third-order valence-electron chi connectivity index (χ3n) is 3.37. The van der Waals surface area contributed by atoms with Crippen molar-refractivity contribution in [1.82, 2.24) is 0 Å². The Bertz CT molecular complexity index is 762. The molecule has 0 aromatic heterocycles. The fraction of sp³-hybridized carbons (Fsp3) is 0.188. The molecule has 0 amide bonds. The van der Waals surface area contributed by atoms with Gasteiger partial charge in [-0.05, 0) is 30.2 Å². The van der Waals surface area contributed by atoms with Crippen molar-refractivity contribution in [2.75, 3.05) is 0 Å². The highest BCUT2D eigenvalue weighted by Gasteiger charge is 2.15. The van der Waals surface area contributed by atoms with Gasteiger partial charge >= 0.3 is 5.97 Å². The number of para-hydroxylation sites is 1. The number of rotatable bonds is 7. The quantitative estimate of drug-likeness (QED) is 0.519. The van der Waals surface area contributed by atoms with Crippen LogP contribution >= 0.6 is 0 Å². The van der Waals surface area contributed by atoms with Gasteiger partial charge in [-0.2, -0.15) is 0 Å². The molecular weight excluding hydrogens is 316 g/mol. The Hall–Kier alpha value is -3.13. The van der Waals surface area contributed by atoms with E-state index < -0.39 is 16.9 Å². The molecule has 0 saturated carbocycles. The molecule has 8 heteroatoms. The number of aromatic hydroxyl groups is 1. The van der Waals surface area contributed by atoms with Crippen LogP contribution < -0.4 is 10.5 Å². The predicted molar refractivity (Wildman–Crippen MR) is 84.9 cm³/mol. The fourth-order valence-corrected chi connectivity index (χ4v) is 2.12. The van der Waals surface area contributed by atoms with Crippen molar-refractivity contribution in [3.8, 4) is 11.5 Å². The van der Waals surface area contributed by atoms with E-state index in [0.29, 0.717) is 11.1 Å². The van der Waals surface area contributed by atoms with Crippen LogP contribution in [0.2, 0.25) is 0 Å². The van der Waals surface area contributed by atoms with Gasteiger partial charge in [0.05, 0.1) is 10.5 Å². The molecule has 0 spiro atoms. The Kier molecular flexibility index (Phi) is 5.33. The highest BCUT2D eigenvalue weighted by molar-refractivity contribution is 5.73. The summed E-state index contributed by atoms with van der Waals surface area (Å²) >= 11 is 0. The molecule has 1 atom stereocenters. The van der Waals surface area contributed by atoms with Crippen LogP contribution in [0.3, 0.4) is 0 Å². The minimum Gasteiger partial charge on any atom is -0.504 e. The van der Waals surface area contributed by atoms with Crippen molar-refractivity contribution in [3.63, 3.8) is 0 Å². The van der Waals surface area contributed by atoms with Crippen LogP contribution in [-0.4, -0.2) is 27.1 Å². The normalized spacial score (nSPS) is 11.7. The lowest BCUT2D eigenvalue weighted by atomic mass is 10.1. The first-order valence-corrected chi connectivity index (χ1v) is 7.04. The second-order valence-corrected chi connectivity index (χ2v) is 5.13. The van der Waals surface area contributed by atoms with E-state index in [1.807, 2.05) is 0 Å². The minimum absolute atomic E-state index is 0.0628. The number of nitro groups is 1. The predicted octanol–water partition coefficient (Wildman–Crippen LogP) is 1.83. The summed E-state index contributed by atoms with van der Waals surface area (Å²) in [7, 11) is 0. The molecule has 0 heterocycles. The SMILES string of the molecule is NC(Cc1ccc(OCc2ccccc2[N+](=O)[O-])c(O)c1)C(=O)O. The lowest BCUT2D eigenvalue weighted by Gasteiger charge is -2.11. The van der Waals surface area contributed by atoms with E-state index in [1.165, 1.54) is 18.2 Å². The molecule has 0 aliphatic heterocycles. The third-order valence-corrected chi connectivity index (χ3v) is 3.37. The molecule has 0 bridgehead atoms. The third kappa shape index (κ3) is 4.20. The maximum atomic E-state index is 10.9. The Labute approximate surface area is 137 Å². The number of benzene rings is 2. The maximum absolute atomic E-state index is 10.9. The van der Waals surface area contributed by atoms with Crippen LogP contribution in [0.4, 0.5) is 5.69 Å². The van der Waals surface area contributed by atoms with Crippen LogP contribution in [-0.2, 0) is 17.8 Å². The molecule has 2 aromatic rings. The lowest BCUT2D eigenvalue weighted by Crippen LogP contribution is -2.32. The summed E-state index contributed by atoms with van der Waals surface area (Å²) in [5, 5.41) is 29.7.